The molecule has 0 saturated carbocycles. The van der Waals surface area contributed by atoms with E-state index in [1.807, 2.05) is 17.5 Å². The lowest BCUT2D eigenvalue weighted by molar-refractivity contribution is 0.180. The monoisotopic (exact) mass is 113 g/mol. The second-order valence-corrected chi connectivity index (χ2v) is 2.26. The summed E-state index contributed by atoms with van der Waals surface area (Å²) in [7, 11) is 0. The first-order valence-corrected chi connectivity index (χ1v) is 2.92. The van der Waals surface area contributed by atoms with E-state index in [4.69, 9.17) is 0 Å². The molecule has 0 amide bonds. The van der Waals surface area contributed by atoms with Crippen LogP contribution >= 0.6 is 11.3 Å². The summed E-state index contributed by atoms with van der Waals surface area (Å²) in [5.41, 5.74) is 0. The van der Waals surface area contributed by atoms with Crippen LogP contribution in [-0.4, -0.2) is 0 Å². The molecule has 0 aliphatic carbocycles. The van der Waals surface area contributed by atoms with Gasteiger partial charge in [-0.3, -0.25) is 0 Å². The fourth-order valence-electron chi connectivity index (χ4n) is 0.395. The highest BCUT2D eigenvalue weighted by molar-refractivity contribution is 7.09. The van der Waals surface area contributed by atoms with Crippen LogP contribution in [0.25, 0.3) is 0 Å². The highest BCUT2D eigenvalue weighted by Crippen LogP contribution is 2.06. The van der Waals surface area contributed by atoms with E-state index in [0.717, 1.165) is 4.88 Å². The van der Waals surface area contributed by atoms with Crippen LogP contribution in [0.2, 0.25) is 0 Å². The van der Waals surface area contributed by atoms with Crippen LogP contribution in [0.15, 0.2) is 17.5 Å². The van der Waals surface area contributed by atoms with Gasteiger partial charge in [-0.05, 0) is 11.4 Å². The van der Waals surface area contributed by atoms with Gasteiger partial charge in [0, 0.05) is 4.88 Å². The van der Waals surface area contributed by atoms with Crippen LogP contribution in [0.5, 0.6) is 0 Å². The minimum Gasteiger partial charge on any atom is -0.231 e. The lowest BCUT2D eigenvalue weighted by Crippen LogP contribution is -1.66. The lowest BCUT2D eigenvalue weighted by Gasteiger charge is -1.75. The first kappa shape index (κ1) is 4.81. The number of hydrogen-bond acceptors (Lipinski definition) is 1. The fraction of sp³-hybridized carbons (Fsp3) is 0.200. The molecular formula is C5H5OS. The second-order valence-electron chi connectivity index (χ2n) is 1.22. The van der Waals surface area contributed by atoms with Gasteiger partial charge in [0.2, 0.25) is 0 Å². The van der Waals surface area contributed by atoms with Crippen LogP contribution in [0.1, 0.15) is 4.88 Å². The van der Waals surface area contributed by atoms with Crippen molar-refractivity contribution < 1.29 is 5.11 Å². The second kappa shape index (κ2) is 2.09. The molecule has 1 aromatic heterocycles. The average molecular weight is 113 g/mol. The molecule has 0 atom stereocenters. The molecule has 1 nitrogen and oxygen atoms in total. The summed E-state index contributed by atoms with van der Waals surface area (Å²) in [6, 6.07) is 3.73. The van der Waals surface area contributed by atoms with Crippen molar-refractivity contribution in [1.29, 1.82) is 0 Å². The molecule has 0 bridgehead atoms. The standard InChI is InChI=1S/C5H5OS/c6-4-5-2-1-3-7-5/h1-3H,4H2. The van der Waals surface area contributed by atoms with E-state index in [2.05, 4.69) is 0 Å². The Morgan fingerprint density at radius 2 is 2.57 bits per heavy atom. The van der Waals surface area contributed by atoms with Gasteiger partial charge < -0.3 is 0 Å². The predicted octanol–water partition coefficient (Wildman–Crippen LogP) is 1.68. The third kappa shape index (κ3) is 1.01. The first-order chi connectivity index (χ1) is 3.43. The highest BCUT2D eigenvalue weighted by Gasteiger charge is 1.85. The van der Waals surface area contributed by atoms with Crippen LogP contribution in [0.3, 0.4) is 0 Å². The van der Waals surface area contributed by atoms with Gasteiger partial charge >= 0.3 is 0 Å². The molecule has 0 N–H and O–H groups in total. The minimum absolute atomic E-state index is 0.0718. The van der Waals surface area contributed by atoms with Gasteiger partial charge in [-0.25, -0.2) is 5.11 Å². The van der Waals surface area contributed by atoms with Crippen LogP contribution in [0.4, 0.5) is 0 Å². The van der Waals surface area contributed by atoms with E-state index in [-0.39, 0.29) is 6.61 Å². The molecule has 2 heteroatoms. The van der Waals surface area contributed by atoms with Crippen LogP contribution < -0.4 is 0 Å². The molecule has 1 heterocycles. The van der Waals surface area contributed by atoms with Crippen molar-refractivity contribution in [2.24, 2.45) is 0 Å². The summed E-state index contributed by atoms with van der Waals surface area (Å²) in [5, 5.41) is 11.9. The maximum absolute atomic E-state index is 10.0. The molecule has 1 aromatic rings. The van der Waals surface area contributed by atoms with Gasteiger partial charge in [-0.15, -0.1) is 11.3 Å². The number of rotatable bonds is 1. The third-order valence-corrected chi connectivity index (χ3v) is 1.57. The summed E-state index contributed by atoms with van der Waals surface area (Å²) < 4.78 is 0. The average Bonchev–Trinajstić information content (AvgIpc) is 2.14. The molecule has 0 fully saturated rings. The zero-order chi connectivity index (χ0) is 5.11. The molecule has 0 spiro atoms. The molecule has 0 aliphatic heterocycles. The summed E-state index contributed by atoms with van der Waals surface area (Å²) in [6.07, 6.45) is 0. The Bertz CT molecular complexity index is 123. The van der Waals surface area contributed by atoms with Crippen LogP contribution in [0, 0.1) is 0 Å². The highest BCUT2D eigenvalue weighted by atomic mass is 32.1. The summed E-state index contributed by atoms with van der Waals surface area (Å²) >= 11 is 1.51. The maximum Gasteiger partial charge on any atom is 0.116 e. The molecule has 1 radical (unpaired) electrons. The van der Waals surface area contributed by atoms with Gasteiger partial charge in [0.25, 0.3) is 0 Å². The molecule has 0 unspecified atom stereocenters. The van der Waals surface area contributed by atoms with Crippen molar-refractivity contribution in [2.75, 3.05) is 0 Å². The molecule has 7 heavy (non-hydrogen) atoms. The van der Waals surface area contributed by atoms with E-state index < -0.39 is 0 Å². The van der Waals surface area contributed by atoms with Crippen molar-refractivity contribution in [3.05, 3.63) is 22.4 Å². The SMILES string of the molecule is [O]Cc1cccs1. The van der Waals surface area contributed by atoms with Gasteiger partial charge in [-0.2, -0.15) is 0 Å². The molecule has 0 saturated heterocycles. The Hall–Kier alpha value is -0.340. The molecular weight excluding hydrogens is 108 g/mol. The summed E-state index contributed by atoms with van der Waals surface area (Å²) in [4.78, 5) is 0.917. The topological polar surface area (TPSA) is 19.9 Å². The lowest BCUT2D eigenvalue weighted by atomic mass is 10.5. The van der Waals surface area contributed by atoms with Gasteiger partial charge in [-0.1, -0.05) is 6.07 Å². The Balaban J connectivity index is 2.76. The maximum atomic E-state index is 10.0. The number of hydrogen-bond donors (Lipinski definition) is 0. The van der Waals surface area contributed by atoms with Crippen LogP contribution in [-0.2, 0) is 11.7 Å². The Morgan fingerprint density at radius 3 is 2.86 bits per heavy atom. The minimum atomic E-state index is -0.0718. The summed E-state index contributed by atoms with van der Waals surface area (Å²) in [6.45, 7) is -0.0718. The first-order valence-electron chi connectivity index (χ1n) is 2.04. The van der Waals surface area contributed by atoms with Crippen molar-refractivity contribution in [2.45, 2.75) is 6.61 Å². The zero-order valence-corrected chi connectivity index (χ0v) is 4.57. The Labute approximate surface area is 46.2 Å². The van der Waals surface area contributed by atoms with E-state index in [9.17, 15) is 5.11 Å². The van der Waals surface area contributed by atoms with E-state index in [0.29, 0.717) is 0 Å². The largest absolute Gasteiger partial charge is 0.231 e. The van der Waals surface area contributed by atoms with Crippen molar-refractivity contribution in [1.82, 2.24) is 0 Å². The van der Waals surface area contributed by atoms with E-state index >= 15 is 0 Å². The van der Waals surface area contributed by atoms with Crippen molar-refractivity contribution in [3.8, 4) is 0 Å². The quantitative estimate of drug-likeness (QED) is 0.528. The third-order valence-electron chi connectivity index (χ3n) is 0.722. The van der Waals surface area contributed by atoms with Gasteiger partial charge in [0.1, 0.15) is 6.61 Å². The Kier molecular flexibility index (Phi) is 1.44. The summed E-state index contributed by atoms with van der Waals surface area (Å²) in [5.74, 6) is 0. The molecule has 0 aliphatic rings. The zero-order valence-electron chi connectivity index (χ0n) is 3.76. The molecule has 1 rings (SSSR count). The smallest absolute Gasteiger partial charge is 0.116 e. The predicted molar refractivity (Wildman–Crippen MR) is 28.7 cm³/mol. The van der Waals surface area contributed by atoms with Crippen molar-refractivity contribution >= 4 is 11.3 Å². The number of thiophene rings is 1. The normalized spacial score (nSPS) is 9.29. The van der Waals surface area contributed by atoms with E-state index in [1.165, 1.54) is 11.3 Å². The fourth-order valence-corrected chi connectivity index (χ4v) is 0.952. The van der Waals surface area contributed by atoms with E-state index in [1.54, 1.807) is 0 Å². The van der Waals surface area contributed by atoms with Gasteiger partial charge in [0.05, 0.1) is 0 Å². The molecule has 0 aromatic carbocycles. The van der Waals surface area contributed by atoms with Gasteiger partial charge in [0.15, 0.2) is 0 Å². The molecule has 37 valence electrons. The van der Waals surface area contributed by atoms with Crippen molar-refractivity contribution in [3.63, 3.8) is 0 Å². The Morgan fingerprint density at radius 1 is 1.71 bits per heavy atom.